The van der Waals surface area contributed by atoms with Crippen LogP contribution >= 0.6 is 11.8 Å². The predicted molar refractivity (Wildman–Crippen MR) is 75.5 cm³/mol. The van der Waals surface area contributed by atoms with Gasteiger partial charge in [0.15, 0.2) is 11.4 Å². The summed E-state index contributed by atoms with van der Waals surface area (Å²) in [4.78, 5) is 4.25. The van der Waals surface area contributed by atoms with E-state index in [1.54, 1.807) is 25.3 Å². The molecule has 0 unspecified atom stereocenters. The summed E-state index contributed by atoms with van der Waals surface area (Å²) in [5.41, 5.74) is 0.949. The van der Waals surface area contributed by atoms with Crippen LogP contribution in [0.1, 0.15) is 5.89 Å². The molecule has 0 spiro atoms. The molecule has 0 saturated carbocycles. The van der Waals surface area contributed by atoms with Gasteiger partial charge in [0, 0.05) is 6.92 Å². The molecule has 2 rings (SSSR count). The lowest BCUT2D eigenvalue weighted by Gasteiger charge is -2.03. The second-order valence-corrected chi connectivity index (χ2v) is 4.48. The van der Waals surface area contributed by atoms with Gasteiger partial charge in [-0.3, -0.25) is 5.32 Å². The van der Waals surface area contributed by atoms with Crippen molar-refractivity contribution in [2.24, 2.45) is 4.99 Å². The van der Waals surface area contributed by atoms with Crippen LogP contribution < -0.4 is 5.32 Å². The van der Waals surface area contributed by atoms with E-state index in [4.69, 9.17) is 9.68 Å². The second kappa shape index (κ2) is 6.08. The summed E-state index contributed by atoms with van der Waals surface area (Å²) in [5, 5.41) is 28.9. The predicted octanol–water partition coefficient (Wildman–Crippen LogP) is 2.17. The van der Waals surface area contributed by atoms with Crippen molar-refractivity contribution < 1.29 is 9.52 Å². The lowest BCUT2D eigenvalue weighted by Crippen LogP contribution is -2.12. The molecule has 7 nitrogen and oxygen atoms in total. The number of phenols is 1. The summed E-state index contributed by atoms with van der Waals surface area (Å²) in [6.45, 7) is 1.66. The van der Waals surface area contributed by atoms with E-state index < -0.39 is 0 Å². The van der Waals surface area contributed by atoms with Crippen LogP contribution in [0, 0.1) is 18.4 Å². The van der Waals surface area contributed by atoms with Gasteiger partial charge in [0.05, 0.1) is 11.3 Å². The third-order valence-corrected chi connectivity index (χ3v) is 2.90. The average molecular weight is 289 g/mol. The topological polar surface area (TPSA) is 107 Å². The van der Waals surface area contributed by atoms with Crippen molar-refractivity contribution in [3.63, 3.8) is 0 Å². The highest BCUT2D eigenvalue weighted by Gasteiger charge is 2.12. The van der Waals surface area contributed by atoms with Crippen LogP contribution in [-0.2, 0) is 0 Å². The van der Waals surface area contributed by atoms with Crippen molar-refractivity contribution >= 4 is 22.6 Å². The van der Waals surface area contributed by atoms with E-state index in [9.17, 15) is 5.11 Å². The van der Waals surface area contributed by atoms with Crippen molar-refractivity contribution in [3.8, 4) is 23.4 Å². The van der Waals surface area contributed by atoms with E-state index in [1.165, 1.54) is 17.8 Å². The molecule has 2 aromatic rings. The van der Waals surface area contributed by atoms with Crippen LogP contribution in [0.25, 0.3) is 11.5 Å². The Bertz CT molecular complexity index is 689. The van der Waals surface area contributed by atoms with E-state index in [1.807, 2.05) is 6.19 Å². The second-order valence-electron chi connectivity index (χ2n) is 3.69. The number of rotatable bonds is 2. The first kappa shape index (κ1) is 13.9. The summed E-state index contributed by atoms with van der Waals surface area (Å²) < 4.78 is 5.28. The molecule has 0 fully saturated rings. The SMILES string of the molecule is CSC(=Nc1ccc(O)c(-c2nnc(C)o2)c1)NC#N. The smallest absolute Gasteiger partial charge is 0.251 e. The Balaban J connectivity index is 2.41. The van der Waals surface area contributed by atoms with Gasteiger partial charge in [-0.25, -0.2) is 4.99 Å². The van der Waals surface area contributed by atoms with Crippen molar-refractivity contribution in [1.82, 2.24) is 15.5 Å². The van der Waals surface area contributed by atoms with E-state index in [2.05, 4.69) is 20.5 Å². The Morgan fingerprint density at radius 1 is 1.50 bits per heavy atom. The maximum Gasteiger partial charge on any atom is 0.251 e. The Labute approximate surface area is 119 Å². The van der Waals surface area contributed by atoms with Crippen molar-refractivity contribution in [1.29, 1.82) is 5.26 Å². The van der Waals surface area contributed by atoms with E-state index >= 15 is 0 Å². The minimum Gasteiger partial charge on any atom is -0.507 e. The molecule has 0 aliphatic rings. The molecule has 8 heteroatoms. The zero-order chi connectivity index (χ0) is 14.5. The lowest BCUT2D eigenvalue weighted by atomic mass is 10.2. The number of aromatic hydroxyl groups is 1. The summed E-state index contributed by atoms with van der Waals surface area (Å²) in [7, 11) is 0. The number of aromatic nitrogens is 2. The number of hydrogen-bond donors (Lipinski definition) is 2. The Kier molecular flexibility index (Phi) is 4.22. The van der Waals surface area contributed by atoms with Crippen molar-refractivity contribution in [2.75, 3.05) is 6.26 Å². The highest BCUT2D eigenvalue weighted by atomic mass is 32.2. The van der Waals surface area contributed by atoms with Crippen LogP contribution in [0.3, 0.4) is 0 Å². The highest BCUT2D eigenvalue weighted by molar-refractivity contribution is 8.13. The summed E-state index contributed by atoms with van der Waals surface area (Å²) in [6, 6.07) is 4.72. The van der Waals surface area contributed by atoms with Gasteiger partial charge < -0.3 is 9.52 Å². The van der Waals surface area contributed by atoms with E-state index in [-0.39, 0.29) is 11.6 Å². The zero-order valence-electron chi connectivity index (χ0n) is 10.8. The van der Waals surface area contributed by atoms with E-state index in [0.29, 0.717) is 22.3 Å². The van der Waals surface area contributed by atoms with E-state index in [0.717, 1.165) is 0 Å². The molecule has 2 N–H and O–H groups in total. The maximum atomic E-state index is 9.84. The van der Waals surface area contributed by atoms with Crippen LogP contribution in [0.15, 0.2) is 27.6 Å². The van der Waals surface area contributed by atoms with Gasteiger partial charge >= 0.3 is 0 Å². The maximum absolute atomic E-state index is 9.84. The number of hydrogen-bond acceptors (Lipinski definition) is 7. The molecular formula is C12H11N5O2S. The quantitative estimate of drug-likeness (QED) is 0.377. The Morgan fingerprint density at radius 2 is 2.30 bits per heavy atom. The number of nitrogens with zero attached hydrogens (tertiary/aromatic N) is 4. The molecule has 102 valence electrons. The number of aliphatic imine (C=N–C) groups is 1. The minimum absolute atomic E-state index is 0.0199. The number of phenolic OH excluding ortho intramolecular Hbond substituents is 1. The normalized spacial score (nSPS) is 11.2. The number of nitrogens with one attached hydrogen (secondary N) is 1. The van der Waals surface area contributed by atoms with Crippen LogP contribution in [0.4, 0.5) is 5.69 Å². The molecule has 1 heterocycles. The van der Waals surface area contributed by atoms with Crippen LogP contribution in [0.2, 0.25) is 0 Å². The third kappa shape index (κ3) is 3.07. The van der Waals surface area contributed by atoms with Crippen LogP contribution in [0.5, 0.6) is 5.75 Å². The molecule has 0 aliphatic heterocycles. The van der Waals surface area contributed by atoms with Gasteiger partial charge in [-0.1, -0.05) is 11.8 Å². The lowest BCUT2D eigenvalue weighted by molar-refractivity contribution is 0.471. The molecule has 0 bridgehead atoms. The number of benzene rings is 1. The van der Waals surface area contributed by atoms with Gasteiger partial charge in [0.2, 0.25) is 5.89 Å². The first-order valence-corrected chi connectivity index (χ1v) is 6.78. The molecule has 1 aromatic carbocycles. The molecule has 0 saturated heterocycles. The van der Waals surface area contributed by atoms with Gasteiger partial charge in [-0.2, -0.15) is 5.26 Å². The first-order chi connectivity index (χ1) is 9.63. The number of aryl methyl sites for hydroxylation is 1. The first-order valence-electron chi connectivity index (χ1n) is 5.55. The van der Waals surface area contributed by atoms with Gasteiger partial charge in [0.25, 0.3) is 5.89 Å². The molecule has 0 atom stereocenters. The number of amidine groups is 1. The highest BCUT2D eigenvalue weighted by Crippen LogP contribution is 2.32. The minimum atomic E-state index is 0.0199. The Morgan fingerprint density at radius 3 is 2.90 bits per heavy atom. The summed E-state index contributed by atoms with van der Waals surface area (Å²) in [6.07, 6.45) is 3.61. The average Bonchev–Trinajstić information content (AvgIpc) is 2.86. The standard InChI is InChI=1S/C12H11N5O2S/c1-7-16-17-11(19-7)9-5-8(3-4-10(9)18)15-12(20-2)14-6-13/h3-5,18H,1-2H3,(H,14,15). The largest absolute Gasteiger partial charge is 0.507 e. The molecule has 0 amide bonds. The van der Waals surface area contributed by atoms with Crippen LogP contribution in [-0.4, -0.2) is 26.7 Å². The number of thioether (sulfide) groups is 1. The van der Waals surface area contributed by atoms with Gasteiger partial charge in [-0.15, -0.1) is 10.2 Å². The summed E-state index contributed by atoms with van der Waals surface area (Å²) in [5.74, 6) is 0.645. The number of nitriles is 1. The molecule has 1 aromatic heterocycles. The van der Waals surface area contributed by atoms with Gasteiger partial charge in [0.1, 0.15) is 5.75 Å². The monoisotopic (exact) mass is 289 g/mol. The fourth-order valence-corrected chi connectivity index (χ4v) is 1.80. The Hall–Kier alpha value is -2.53. The fourth-order valence-electron chi connectivity index (χ4n) is 1.46. The fraction of sp³-hybridized carbons (Fsp3) is 0.167. The zero-order valence-corrected chi connectivity index (χ0v) is 11.6. The van der Waals surface area contributed by atoms with Crippen molar-refractivity contribution in [2.45, 2.75) is 6.92 Å². The van der Waals surface area contributed by atoms with Gasteiger partial charge in [-0.05, 0) is 24.5 Å². The molecule has 20 heavy (non-hydrogen) atoms. The summed E-state index contributed by atoms with van der Waals surface area (Å²) >= 11 is 1.30. The van der Waals surface area contributed by atoms with Crippen molar-refractivity contribution in [3.05, 3.63) is 24.1 Å². The third-order valence-electron chi connectivity index (χ3n) is 2.32. The molecular weight excluding hydrogens is 278 g/mol. The molecule has 0 aliphatic carbocycles. The molecule has 0 radical (unpaired) electrons.